The van der Waals surface area contributed by atoms with Crippen LogP contribution < -0.4 is 5.32 Å². The number of carbonyl (C=O) groups excluding carboxylic acids is 1. The number of carbonyl (C=O) groups is 1. The molecule has 1 unspecified atom stereocenters. The lowest BCUT2D eigenvalue weighted by Gasteiger charge is -2.41. The average molecular weight is 330 g/mol. The molecule has 1 aromatic rings. The normalized spacial score (nSPS) is 24.1. The maximum atomic E-state index is 13.2. The SMILES string of the molecule is CCN(C(=O)C1CCCCC1)C1C[C@H](COC)Nc2ccccc21. The molecule has 3 rings (SSSR count). The van der Waals surface area contributed by atoms with Crippen molar-refractivity contribution < 1.29 is 9.53 Å². The van der Waals surface area contributed by atoms with E-state index in [1.807, 2.05) is 0 Å². The minimum absolute atomic E-state index is 0.155. The average Bonchev–Trinajstić information content (AvgIpc) is 2.63. The highest BCUT2D eigenvalue weighted by Gasteiger charge is 2.35. The fraction of sp³-hybridized carbons (Fsp3) is 0.650. The lowest BCUT2D eigenvalue weighted by Crippen LogP contribution is -2.44. The van der Waals surface area contributed by atoms with Crippen LogP contribution in [0.1, 0.15) is 57.1 Å². The van der Waals surface area contributed by atoms with Crippen LogP contribution in [0, 0.1) is 5.92 Å². The summed E-state index contributed by atoms with van der Waals surface area (Å²) in [5.74, 6) is 0.580. The number of rotatable bonds is 5. The summed E-state index contributed by atoms with van der Waals surface area (Å²) in [6.07, 6.45) is 6.71. The van der Waals surface area contributed by atoms with Crippen LogP contribution in [-0.2, 0) is 9.53 Å². The van der Waals surface area contributed by atoms with Crippen LogP contribution in [0.2, 0.25) is 0 Å². The van der Waals surface area contributed by atoms with Crippen molar-refractivity contribution in [1.82, 2.24) is 4.90 Å². The topological polar surface area (TPSA) is 41.6 Å². The Hall–Kier alpha value is -1.55. The van der Waals surface area contributed by atoms with Gasteiger partial charge in [0.05, 0.1) is 18.7 Å². The number of benzene rings is 1. The van der Waals surface area contributed by atoms with Gasteiger partial charge in [-0.25, -0.2) is 0 Å². The van der Waals surface area contributed by atoms with Gasteiger partial charge in [-0.1, -0.05) is 37.5 Å². The Labute approximate surface area is 145 Å². The van der Waals surface area contributed by atoms with Gasteiger partial charge in [-0.05, 0) is 37.8 Å². The highest BCUT2D eigenvalue weighted by molar-refractivity contribution is 5.80. The van der Waals surface area contributed by atoms with Crippen LogP contribution in [0.25, 0.3) is 0 Å². The van der Waals surface area contributed by atoms with Crippen LogP contribution in [0.3, 0.4) is 0 Å². The molecule has 2 atom stereocenters. The molecule has 1 saturated carbocycles. The number of hydrogen-bond donors (Lipinski definition) is 1. The molecular formula is C20H30N2O2. The Morgan fingerprint density at radius 2 is 2.00 bits per heavy atom. The van der Waals surface area contributed by atoms with E-state index in [-0.39, 0.29) is 18.0 Å². The second kappa shape index (κ2) is 8.02. The number of para-hydroxylation sites is 1. The van der Waals surface area contributed by atoms with Crippen molar-refractivity contribution in [1.29, 1.82) is 0 Å². The van der Waals surface area contributed by atoms with Gasteiger partial charge in [0.1, 0.15) is 0 Å². The smallest absolute Gasteiger partial charge is 0.226 e. The predicted molar refractivity (Wildman–Crippen MR) is 97.0 cm³/mol. The van der Waals surface area contributed by atoms with Crippen LogP contribution in [0.5, 0.6) is 0 Å². The summed E-state index contributed by atoms with van der Waals surface area (Å²) in [5.41, 5.74) is 2.39. The first-order valence-corrected chi connectivity index (χ1v) is 9.39. The fourth-order valence-electron chi connectivity index (χ4n) is 4.31. The first kappa shape index (κ1) is 17.3. The Kier molecular flexibility index (Phi) is 5.77. The summed E-state index contributed by atoms with van der Waals surface area (Å²) in [5, 5.41) is 3.56. The third kappa shape index (κ3) is 3.59. The van der Waals surface area contributed by atoms with Crippen molar-refractivity contribution in [3.8, 4) is 0 Å². The van der Waals surface area contributed by atoms with E-state index in [1.165, 1.54) is 24.8 Å². The van der Waals surface area contributed by atoms with Crippen molar-refractivity contribution in [3.05, 3.63) is 29.8 Å². The molecule has 1 aromatic carbocycles. The van der Waals surface area contributed by atoms with E-state index in [9.17, 15) is 4.79 Å². The molecule has 1 aliphatic carbocycles. The molecule has 0 radical (unpaired) electrons. The van der Waals surface area contributed by atoms with E-state index in [0.29, 0.717) is 12.5 Å². The molecule has 1 heterocycles. The summed E-state index contributed by atoms with van der Waals surface area (Å²) in [6.45, 7) is 3.55. The van der Waals surface area contributed by atoms with Crippen molar-refractivity contribution in [3.63, 3.8) is 0 Å². The number of fused-ring (bicyclic) bond motifs is 1. The number of hydrogen-bond acceptors (Lipinski definition) is 3. The van der Waals surface area contributed by atoms with Gasteiger partial charge in [-0.3, -0.25) is 4.79 Å². The summed E-state index contributed by atoms with van der Waals surface area (Å²) in [4.78, 5) is 15.3. The van der Waals surface area contributed by atoms with Gasteiger partial charge < -0.3 is 15.0 Å². The monoisotopic (exact) mass is 330 g/mol. The van der Waals surface area contributed by atoms with Gasteiger partial charge in [0.2, 0.25) is 5.91 Å². The van der Waals surface area contributed by atoms with E-state index in [0.717, 1.165) is 31.5 Å². The van der Waals surface area contributed by atoms with Gasteiger partial charge in [0.15, 0.2) is 0 Å². The molecule has 1 amide bonds. The van der Waals surface area contributed by atoms with Gasteiger partial charge in [-0.2, -0.15) is 0 Å². The molecule has 132 valence electrons. The highest BCUT2D eigenvalue weighted by Crippen LogP contribution is 2.38. The van der Waals surface area contributed by atoms with Crippen LogP contribution in [-0.4, -0.2) is 37.1 Å². The second-order valence-electron chi connectivity index (χ2n) is 7.09. The van der Waals surface area contributed by atoms with E-state index in [1.54, 1.807) is 7.11 Å². The van der Waals surface area contributed by atoms with Crippen molar-refractivity contribution in [2.75, 3.05) is 25.6 Å². The Morgan fingerprint density at radius 1 is 1.25 bits per heavy atom. The minimum Gasteiger partial charge on any atom is -0.383 e. The summed E-state index contributed by atoms with van der Waals surface area (Å²) >= 11 is 0. The second-order valence-corrected chi connectivity index (χ2v) is 7.09. The van der Waals surface area contributed by atoms with Crippen molar-refractivity contribution >= 4 is 11.6 Å². The van der Waals surface area contributed by atoms with Gasteiger partial charge in [0.25, 0.3) is 0 Å². The Balaban J connectivity index is 1.84. The number of ether oxygens (including phenoxy) is 1. The molecule has 1 aliphatic heterocycles. The molecule has 4 nitrogen and oxygen atoms in total. The van der Waals surface area contributed by atoms with Crippen LogP contribution in [0.15, 0.2) is 24.3 Å². The molecule has 0 bridgehead atoms. The van der Waals surface area contributed by atoms with E-state index < -0.39 is 0 Å². The molecule has 0 spiro atoms. The minimum atomic E-state index is 0.155. The number of methoxy groups -OCH3 is 1. The fourth-order valence-corrected chi connectivity index (χ4v) is 4.31. The zero-order valence-corrected chi connectivity index (χ0v) is 15.0. The summed E-state index contributed by atoms with van der Waals surface area (Å²) in [7, 11) is 1.74. The molecule has 24 heavy (non-hydrogen) atoms. The first-order valence-electron chi connectivity index (χ1n) is 9.39. The Morgan fingerprint density at radius 3 is 2.71 bits per heavy atom. The first-order chi connectivity index (χ1) is 11.7. The molecule has 1 fully saturated rings. The van der Waals surface area contributed by atoms with Gasteiger partial charge >= 0.3 is 0 Å². The third-order valence-electron chi connectivity index (χ3n) is 5.51. The lowest BCUT2D eigenvalue weighted by atomic mass is 9.86. The zero-order chi connectivity index (χ0) is 16.9. The van der Waals surface area contributed by atoms with Crippen LogP contribution >= 0.6 is 0 Å². The highest BCUT2D eigenvalue weighted by atomic mass is 16.5. The number of nitrogens with one attached hydrogen (secondary N) is 1. The standard InChI is InChI=1S/C20H30N2O2/c1-3-22(20(23)15-9-5-4-6-10-15)19-13-16(14-24-2)21-18-12-8-7-11-17(18)19/h7-8,11-12,15-16,19,21H,3-6,9-10,13-14H2,1-2H3/t16-,19?/m1/s1. The van der Waals surface area contributed by atoms with Crippen LogP contribution in [0.4, 0.5) is 5.69 Å². The molecule has 1 N–H and O–H groups in total. The molecular weight excluding hydrogens is 300 g/mol. The molecule has 0 saturated heterocycles. The van der Waals surface area contributed by atoms with E-state index in [4.69, 9.17) is 4.74 Å². The van der Waals surface area contributed by atoms with Crippen molar-refractivity contribution in [2.45, 2.75) is 57.5 Å². The number of amides is 1. The molecule has 4 heteroatoms. The van der Waals surface area contributed by atoms with Crippen molar-refractivity contribution in [2.24, 2.45) is 5.92 Å². The maximum absolute atomic E-state index is 13.2. The number of anilines is 1. The molecule has 0 aromatic heterocycles. The summed E-state index contributed by atoms with van der Waals surface area (Å²) in [6, 6.07) is 8.81. The molecule has 2 aliphatic rings. The van der Waals surface area contributed by atoms with Gasteiger partial charge in [0, 0.05) is 25.3 Å². The third-order valence-corrected chi connectivity index (χ3v) is 5.51. The summed E-state index contributed by atoms with van der Waals surface area (Å²) < 4.78 is 5.37. The lowest BCUT2D eigenvalue weighted by molar-refractivity contribution is -0.139. The number of nitrogens with zero attached hydrogens (tertiary/aromatic N) is 1. The van der Waals surface area contributed by atoms with E-state index >= 15 is 0 Å². The zero-order valence-electron chi connectivity index (χ0n) is 15.0. The quantitative estimate of drug-likeness (QED) is 0.887. The largest absolute Gasteiger partial charge is 0.383 e. The van der Waals surface area contributed by atoms with Gasteiger partial charge in [-0.15, -0.1) is 0 Å². The maximum Gasteiger partial charge on any atom is 0.226 e. The predicted octanol–water partition coefficient (Wildman–Crippen LogP) is 3.99. The van der Waals surface area contributed by atoms with E-state index in [2.05, 4.69) is 41.4 Å². The Bertz CT molecular complexity index is 554.